The zero-order valence-electron chi connectivity index (χ0n) is 19.7. The number of anilines is 2. The fourth-order valence-electron chi connectivity index (χ4n) is 4.55. The van der Waals surface area contributed by atoms with Crippen molar-refractivity contribution in [2.24, 2.45) is 7.05 Å². The molecular formula is C25H22ClFN6O3. The Labute approximate surface area is 210 Å². The minimum absolute atomic E-state index is 0.0717. The Morgan fingerprint density at radius 2 is 2.00 bits per heavy atom. The number of hydrogen-bond donors (Lipinski definition) is 2. The molecule has 184 valence electrons. The van der Waals surface area contributed by atoms with Crippen LogP contribution in [0.5, 0.6) is 0 Å². The Bertz CT molecular complexity index is 1610. The predicted molar refractivity (Wildman–Crippen MR) is 134 cm³/mol. The molecule has 1 unspecified atom stereocenters. The zero-order valence-corrected chi connectivity index (χ0v) is 20.5. The zero-order chi connectivity index (χ0) is 25.7. The third-order valence-corrected chi connectivity index (χ3v) is 6.45. The summed E-state index contributed by atoms with van der Waals surface area (Å²) in [4.78, 5) is 39.9. The molecule has 3 aromatic heterocycles. The molecule has 4 aromatic rings. The fourth-order valence-corrected chi connectivity index (χ4v) is 4.70. The van der Waals surface area contributed by atoms with Crippen LogP contribution >= 0.6 is 11.6 Å². The second-order valence-electron chi connectivity index (χ2n) is 8.84. The number of carboxylic acid groups (broad SMARTS) is 1. The van der Waals surface area contributed by atoms with Crippen molar-refractivity contribution in [2.75, 3.05) is 10.2 Å². The Hall–Kier alpha value is -4.05. The molecule has 5 rings (SSSR count). The molecule has 1 atom stereocenters. The molecule has 11 heteroatoms. The average molecular weight is 509 g/mol. The first-order valence-electron chi connectivity index (χ1n) is 11.2. The molecule has 4 heterocycles. The highest BCUT2D eigenvalue weighted by Gasteiger charge is 2.26. The third kappa shape index (κ3) is 4.13. The molecule has 0 radical (unpaired) electrons. The predicted octanol–water partition coefficient (Wildman–Crippen LogP) is 4.22. The second-order valence-corrected chi connectivity index (χ2v) is 9.23. The van der Waals surface area contributed by atoms with Gasteiger partial charge in [-0.3, -0.25) is 14.3 Å². The third-order valence-electron chi connectivity index (χ3n) is 6.24. The van der Waals surface area contributed by atoms with E-state index < -0.39 is 17.8 Å². The lowest BCUT2D eigenvalue weighted by Crippen LogP contribution is -2.28. The first kappa shape index (κ1) is 23.7. The maximum atomic E-state index is 13.7. The maximum Gasteiger partial charge on any atom is 0.356 e. The van der Waals surface area contributed by atoms with E-state index in [1.165, 1.54) is 22.9 Å². The van der Waals surface area contributed by atoms with Gasteiger partial charge in [0.05, 0.1) is 41.1 Å². The van der Waals surface area contributed by atoms with Crippen LogP contribution in [-0.2, 0) is 20.1 Å². The molecule has 0 amide bonds. The highest BCUT2D eigenvalue weighted by atomic mass is 35.5. The van der Waals surface area contributed by atoms with E-state index in [1.807, 2.05) is 24.8 Å². The van der Waals surface area contributed by atoms with Crippen molar-refractivity contribution in [2.45, 2.75) is 33.0 Å². The van der Waals surface area contributed by atoms with Gasteiger partial charge in [-0.2, -0.15) is 0 Å². The molecule has 9 nitrogen and oxygen atoms in total. The Morgan fingerprint density at radius 3 is 2.75 bits per heavy atom. The van der Waals surface area contributed by atoms with E-state index in [0.717, 1.165) is 22.4 Å². The van der Waals surface area contributed by atoms with Crippen molar-refractivity contribution in [3.8, 4) is 0 Å². The number of aromatic nitrogens is 4. The number of rotatable bonds is 5. The van der Waals surface area contributed by atoms with Crippen LogP contribution in [0.4, 0.5) is 16.0 Å². The number of benzene rings is 1. The van der Waals surface area contributed by atoms with Gasteiger partial charge in [-0.1, -0.05) is 17.7 Å². The van der Waals surface area contributed by atoms with Crippen molar-refractivity contribution in [3.63, 3.8) is 0 Å². The first-order valence-corrected chi connectivity index (χ1v) is 11.6. The number of nitrogens with zero attached hydrogens (tertiary/aromatic N) is 5. The smallest absolute Gasteiger partial charge is 0.356 e. The van der Waals surface area contributed by atoms with E-state index in [9.17, 15) is 19.1 Å². The lowest BCUT2D eigenvalue weighted by Gasteiger charge is -2.23. The molecule has 0 saturated carbocycles. The molecule has 0 spiro atoms. The van der Waals surface area contributed by atoms with Crippen LogP contribution in [0.2, 0.25) is 5.15 Å². The fraction of sp³-hybridized carbons (Fsp3) is 0.240. The number of aryl methyl sites for hydroxylation is 1. The van der Waals surface area contributed by atoms with Gasteiger partial charge in [0, 0.05) is 19.2 Å². The summed E-state index contributed by atoms with van der Waals surface area (Å²) in [5, 5.41) is 13.3. The summed E-state index contributed by atoms with van der Waals surface area (Å²) in [7, 11) is 1.66. The molecule has 0 fully saturated rings. The number of pyridine rings is 2. The Morgan fingerprint density at radius 1 is 1.22 bits per heavy atom. The van der Waals surface area contributed by atoms with E-state index in [4.69, 9.17) is 16.6 Å². The molecule has 1 aliphatic rings. The number of carbonyl (C=O) groups is 1. The molecule has 1 aliphatic heterocycles. The molecule has 0 saturated heterocycles. The van der Waals surface area contributed by atoms with Crippen molar-refractivity contribution in [3.05, 3.63) is 85.9 Å². The van der Waals surface area contributed by atoms with Gasteiger partial charge in [0.2, 0.25) is 5.95 Å². The summed E-state index contributed by atoms with van der Waals surface area (Å²) in [6.45, 7) is 4.51. The maximum absolute atomic E-state index is 13.7. The first-order chi connectivity index (χ1) is 17.1. The lowest BCUT2D eigenvalue weighted by atomic mass is 10.0. The SMILES string of the molecule is Cc1cc(C(C)Nc2ccc(Cl)nc2C(=O)O)c2nc(N3Cc4cc(F)cnc4C3)n(C)c(=O)c2c1. The van der Waals surface area contributed by atoms with Crippen molar-refractivity contribution in [1.82, 2.24) is 19.5 Å². The van der Waals surface area contributed by atoms with Crippen molar-refractivity contribution >= 4 is 40.1 Å². The van der Waals surface area contributed by atoms with Crippen LogP contribution in [-0.4, -0.2) is 30.6 Å². The summed E-state index contributed by atoms with van der Waals surface area (Å²) in [5.74, 6) is -1.19. The van der Waals surface area contributed by atoms with Crippen LogP contribution in [0.15, 0.2) is 41.3 Å². The van der Waals surface area contributed by atoms with Crippen LogP contribution in [0.25, 0.3) is 10.9 Å². The van der Waals surface area contributed by atoms with Gasteiger partial charge in [0.1, 0.15) is 11.0 Å². The topological polar surface area (TPSA) is 113 Å². The number of nitrogens with one attached hydrogen (secondary N) is 1. The number of halogens is 2. The van der Waals surface area contributed by atoms with E-state index in [2.05, 4.69) is 15.3 Å². The second kappa shape index (κ2) is 8.87. The van der Waals surface area contributed by atoms with Crippen LogP contribution < -0.4 is 15.8 Å². The van der Waals surface area contributed by atoms with Crippen molar-refractivity contribution in [1.29, 1.82) is 0 Å². The summed E-state index contributed by atoms with van der Waals surface area (Å²) in [6, 6.07) is 7.78. The Balaban J connectivity index is 1.60. The van der Waals surface area contributed by atoms with Crippen LogP contribution in [0.3, 0.4) is 0 Å². The van der Waals surface area contributed by atoms with Gasteiger partial charge >= 0.3 is 5.97 Å². The number of aromatic carboxylic acids is 1. The van der Waals surface area contributed by atoms with Gasteiger partial charge < -0.3 is 15.3 Å². The molecule has 1 aromatic carbocycles. The lowest BCUT2D eigenvalue weighted by molar-refractivity contribution is 0.0691. The molecule has 0 aliphatic carbocycles. The highest BCUT2D eigenvalue weighted by Crippen LogP contribution is 2.31. The largest absolute Gasteiger partial charge is 0.476 e. The quantitative estimate of drug-likeness (QED) is 0.385. The van der Waals surface area contributed by atoms with Crippen LogP contribution in [0, 0.1) is 12.7 Å². The van der Waals surface area contributed by atoms with Gasteiger partial charge in [-0.15, -0.1) is 0 Å². The molecular weight excluding hydrogens is 487 g/mol. The summed E-state index contributed by atoms with van der Waals surface area (Å²) >= 11 is 5.89. The number of fused-ring (bicyclic) bond motifs is 2. The van der Waals surface area contributed by atoms with E-state index >= 15 is 0 Å². The molecule has 2 N–H and O–H groups in total. The van der Waals surface area contributed by atoms with Gasteiger partial charge in [0.25, 0.3) is 5.56 Å². The summed E-state index contributed by atoms with van der Waals surface area (Å²) < 4.78 is 15.2. The van der Waals surface area contributed by atoms with Gasteiger partial charge in [-0.05, 0) is 49.2 Å². The van der Waals surface area contributed by atoms with E-state index in [1.54, 1.807) is 19.2 Å². The molecule has 36 heavy (non-hydrogen) atoms. The Kier molecular flexibility index (Phi) is 5.83. The monoisotopic (exact) mass is 508 g/mol. The van der Waals surface area contributed by atoms with E-state index in [-0.39, 0.29) is 16.4 Å². The molecule has 0 bridgehead atoms. The van der Waals surface area contributed by atoms with E-state index in [0.29, 0.717) is 35.6 Å². The standard InChI is InChI=1S/C25H22ClFN6O3/c1-12-6-16(13(2)29-18-4-5-20(26)30-22(18)24(35)36)21-17(7-12)23(34)32(3)25(31-21)33-10-14-8-15(27)9-28-19(14)11-33/h4-9,13,29H,10-11H2,1-3H3,(H,35,36). The number of carboxylic acids is 1. The normalized spacial score (nSPS) is 13.6. The summed E-state index contributed by atoms with van der Waals surface area (Å²) in [6.07, 6.45) is 1.18. The average Bonchev–Trinajstić information content (AvgIpc) is 3.25. The minimum Gasteiger partial charge on any atom is -0.476 e. The number of hydrogen-bond acceptors (Lipinski definition) is 7. The van der Waals surface area contributed by atoms with Gasteiger partial charge in [-0.25, -0.2) is 19.2 Å². The van der Waals surface area contributed by atoms with Crippen LogP contribution in [0.1, 0.15) is 45.8 Å². The minimum atomic E-state index is -1.21. The van der Waals surface area contributed by atoms with Crippen molar-refractivity contribution < 1.29 is 14.3 Å². The summed E-state index contributed by atoms with van der Waals surface area (Å²) in [5.41, 5.74) is 3.43. The van der Waals surface area contributed by atoms with Gasteiger partial charge in [0.15, 0.2) is 5.69 Å². The highest BCUT2D eigenvalue weighted by molar-refractivity contribution is 6.29.